The van der Waals surface area contributed by atoms with E-state index < -0.39 is 5.60 Å². The van der Waals surface area contributed by atoms with Crippen LogP contribution in [0.4, 0.5) is 4.79 Å². The number of nitrogens with zero attached hydrogens (tertiary/aromatic N) is 3. The zero-order valence-corrected chi connectivity index (χ0v) is 18.1. The minimum atomic E-state index is -0.492. The Bertz CT molecular complexity index is 857. The van der Waals surface area contributed by atoms with Crippen LogP contribution < -0.4 is 0 Å². The Labute approximate surface area is 178 Å². The average molecular weight is 410 g/mol. The Morgan fingerprint density at radius 2 is 1.80 bits per heavy atom. The molecular weight excluding hydrogens is 378 g/mol. The highest BCUT2D eigenvalue weighted by Crippen LogP contribution is 2.50. The van der Waals surface area contributed by atoms with Crippen LogP contribution >= 0.6 is 0 Å². The van der Waals surface area contributed by atoms with Gasteiger partial charge in [-0.25, -0.2) is 4.79 Å². The van der Waals surface area contributed by atoms with Crippen molar-refractivity contribution < 1.29 is 14.3 Å². The van der Waals surface area contributed by atoms with Crippen molar-refractivity contribution in [2.45, 2.75) is 76.5 Å². The highest BCUT2D eigenvalue weighted by Gasteiger charge is 2.50. The van der Waals surface area contributed by atoms with Gasteiger partial charge < -0.3 is 14.5 Å². The molecule has 0 unspecified atom stereocenters. The maximum Gasteiger partial charge on any atom is 0.410 e. The molecule has 2 saturated carbocycles. The Morgan fingerprint density at radius 3 is 2.40 bits per heavy atom. The average Bonchev–Trinajstić information content (AvgIpc) is 3.61. The third-order valence-electron chi connectivity index (χ3n) is 6.26. The van der Waals surface area contributed by atoms with Crippen LogP contribution in [0.2, 0.25) is 0 Å². The van der Waals surface area contributed by atoms with E-state index in [4.69, 9.17) is 10.00 Å². The maximum absolute atomic E-state index is 13.4. The van der Waals surface area contributed by atoms with E-state index in [1.165, 1.54) is 0 Å². The second kappa shape index (κ2) is 7.94. The zero-order valence-electron chi connectivity index (χ0n) is 18.1. The van der Waals surface area contributed by atoms with Gasteiger partial charge in [0.15, 0.2) is 0 Å². The number of hydrogen-bond acceptors (Lipinski definition) is 4. The van der Waals surface area contributed by atoms with Crippen molar-refractivity contribution in [1.29, 1.82) is 5.26 Å². The van der Waals surface area contributed by atoms with Gasteiger partial charge in [0.25, 0.3) is 0 Å². The summed E-state index contributed by atoms with van der Waals surface area (Å²) in [5.41, 5.74) is 1.26. The van der Waals surface area contributed by atoms with Crippen LogP contribution in [0.3, 0.4) is 0 Å². The van der Waals surface area contributed by atoms with Gasteiger partial charge in [0.2, 0.25) is 5.91 Å². The number of hydrogen-bond donors (Lipinski definition) is 0. The van der Waals surface area contributed by atoms with E-state index in [1.54, 1.807) is 11.0 Å². The zero-order chi connectivity index (χ0) is 21.5. The minimum absolute atomic E-state index is 0.0310. The number of likely N-dealkylation sites (tertiary alicyclic amines) is 1. The molecule has 30 heavy (non-hydrogen) atoms. The minimum Gasteiger partial charge on any atom is -0.444 e. The van der Waals surface area contributed by atoms with E-state index >= 15 is 0 Å². The summed E-state index contributed by atoms with van der Waals surface area (Å²) in [5.74, 6) is 0.526. The highest BCUT2D eigenvalue weighted by atomic mass is 16.6. The molecule has 1 heterocycles. The van der Waals surface area contributed by atoms with Crippen LogP contribution in [0.25, 0.3) is 0 Å². The number of amides is 2. The van der Waals surface area contributed by atoms with Gasteiger partial charge in [-0.3, -0.25) is 4.79 Å². The Kier molecular flexibility index (Phi) is 5.48. The molecule has 0 aromatic heterocycles. The molecule has 0 bridgehead atoms. The highest BCUT2D eigenvalue weighted by molar-refractivity contribution is 5.84. The molecule has 3 aliphatic rings. The van der Waals surface area contributed by atoms with E-state index in [0.717, 1.165) is 37.7 Å². The standard InChI is InChI=1S/C24H31N3O3/c1-24(2,3)30-23(29)26-11-9-19(10-12-26)27(18-7-8-18)22(28)21-14-20(21)17-6-4-5-16(13-17)15-25/h4-6,13,18-21H,7-12,14H2,1-3H3/t20-,21+/m0/s1. The molecule has 0 radical (unpaired) electrons. The molecule has 2 atom stereocenters. The number of carbonyl (C=O) groups excluding carboxylic acids is 2. The lowest BCUT2D eigenvalue weighted by atomic mass is 10.0. The summed E-state index contributed by atoms with van der Waals surface area (Å²) < 4.78 is 5.49. The molecule has 3 fully saturated rings. The fourth-order valence-corrected chi connectivity index (χ4v) is 4.53. The van der Waals surface area contributed by atoms with Crippen LogP contribution in [0.15, 0.2) is 24.3 Å². The Balaban J connectivity index is 1.37. The summed E-state index contributed by atoms with van der Waals surface area (Å²) in [5, 5.41) is 9.14. The predicted molar refractivity (Wildman–Crippen MR) is 113 cm³/mol. The summed E-state index contributed by atoms with van der Waals surface area (Å²) in [7, 11) is 0. The van der Waals surface area contributed by atoms with E-state index in [-0.39, 0.29) is 29.9 Å². The van der Waals surface area contributed by atoms with Gasteiger partial charge in [-0.1, -0.05) is 12.1 Å². The molecule has 6 nitrogen and oxygen atoms in total. The largest absolute Gasteiger partial charge is 0.444 e. The smallest absolute Gasteiger partial charge is 0.410 e. The number of carbonyl (C=O) groups is 2. The summed E-state index contributed by atoms with van der Waals surface area (Å²) in [6, 6.07) is 10.4. The summed E-state index contributed by atoms with van der Waals surface area (Å²) >= 11 is 0. The van der Waals surface area contributed by atoms with Crippen molar-refractivity contribution in [2.24, 2.45) is 5.92 Å². The fraction of sp³-hybridized carbons (Fsp3) is 0.625. The van der Waals surface area contributed by atoms with Gasteiger partial charge in [0.1, 0.15) is 5.60 Å². The SMILES string of the molecule is CC(C)(C)OC(=O)N1CCC(N(C(=O)[C@@H]2C[C@H]2c2cccc(C#N)c2)C2CC2)CC1. The topological polar surface area (TPSA) is 73.6 Å². The lowest BCUT2D eigenvalue weighted by molar-refractivity contribution is -0.136. The molecule has 160 valence electrons. The molecule has 1 aromatic rings. The van der Waals surface area contributed by atoms with Gasteiger partial charge >= 0.3 is 6.09 Å². The molecule has 1 aromatic carbocycles. The summed E-state index contributed by atoms with van der Waals surface area (Å²) in [6.07, 6.45) is 4.39. The van der Waals surface area contributed by atoms with Crippen LogP contribution in [0, 0.1) is 17.2 Å². The number of rotatable bonds is 4. The molecule has 0 spiro atoms. The molecule has 1 saturated heterocycles. The number of benzene rings is 1. The first-order valence-corrected chi connectivity index (χ1v) is 11.1. The van der Waals surface area contributed by atoms with Crippen LogP contribution in [0.1, 0.15) is 69.9 Å². The first-order chi connectivity index (χ1) is 14.3. The van der Waals surface area contributed by atoms with Crippen molar-refractivity contribution in [3.05, 3.63) is 35.4 Å². The van der Waals surface area contributed by atoms with Gasteiger partial charge in [-0.05, 0) is 76.5 Å². The molecule has 2 aliphatic carbocycles. The molecular formula is C24H31N3O3. The van der Waals surface area contributed by atoms with Gasteiger partial charge in [-0.2, -0.15) is 5.26 Å². The number of nitriles is 1. The van der Waals surface area contributed by atoms with E-state index in [9.17, 15) is 9.59 Å². The summed E-state index contributed by atoms with van der Waals surface area (Å²) in [4.78, 5) is 29.6. The molecule has 2 amide bonds. The first-order valence-electron chi connectivity index (χ1n) is 11.1. The van der Waals surface area contributed by atoms with Crippen molar-refractivity contribution in [2.75, 3.05) is 13.1 Å². The van der Waals surface area contributed by atoms with E-state index in [2.05, 4.69) is 11.0 Å². The van der Waals surface area contributed by atoms with Gasteiger partial charge in [0.05, 0.1) is 11.6 Å². The maximum atomic E-state index is 13.4. The Hall–Kier alpha value is -2.55. The van der Waals surface area contributed by atoms with Crippen LogP contribution in [0.5, 0.6) is 0 Å². The van der Waals surface area contributed by atoms with E-state index in [1.807, 2.05) is 39.0 Å². The molecule has 0 N–H and O–H groups in total. The molecule has 1 aliphatic heterocycles. The predicted octanol–water partition coefficient (Wildman–Crippen LogP) is 4.05. The van der Waals surface area contributed by atoms with Crippen molar-refractivity contribution in [3.8, 4) is 6.07 Å². The molecule has 6 heteroatoms. The quantitative estimate of drug-likeness (QED) is 0.752. The normalized spacial score (nSPS) is 24.1. The van der Waals surface area contributed by atoms with Gasteiger partial charge in [-0.15, -0.1) is 0 Å². The third-order valence-corrected chi connectivity index (χ3v) is 6.26. The van der Waals surface area contributed by atoms with Crippen molar-refractivity contribution >= 4 is 12.0 Å². The third kappa shape index (κ3) is 4.61. The summed E-state index contributed by atoms with van der Waals surface area (Å²) in [6.45, 7) is 6.90. The fourth-order valence-electron chi connectivity index (χ4n) is 4.53. The monoisotopic (exact) mass is 409 g/mol. The second-order valence-corrected chi connectivity index (χ2v) is 9.86. The second-order valence-electron chi connectivity index (χ2n) is 9.86. The lowest BCUT2D eigenvalue weighted by Crippen LogP contribution is -2.50. The van der Waals surface area contributed by atoms with Crippen LogP contribution in [-0.4, -0.2) is 52.6 Å². The lowest BCUT2D eigenvalue weighted by Gasteiger charge is -2.39. The number of ether oxygens (including phenoxy) is 1. The van der Waals surface area contributed by atoms with Crippen LogP contribution in [-0.2, 0) is 9.53 Å². The molecule has 4 rings (SSSR count). The number of piperidine rings is 1. The van der Waals surface area contributed by atoms with Crippen molar-refractivity contribution in [1.82, 2.24) is 9.80 Å². The Morgan fingerprint density at radius 1 is 1.13 bits per heavy atom. The van der Waals surface area contributed by atoms with Gasteiger partial charge in [0, 0.05) is 31.1 Å². The first kappa shape index (κ1) is 20.7. The van der Waals surface area contributed by atoms with E-state index in [0.29, 0.717) is 24.7 Å². The van der Waals surface area contributed by atoms with Crippen molar-refractivity contribution in [3.63, 3.8) is 0 Å².